The van der Waals surface area contributed by atoms with Gasteiger partial charge in [0.05, 0.1) is 11.7 Å². The van der Waals surface area contributed by atoms with E-state index in [0.29, 0.717) is 0 Å². The minimum absolute atomic E-state index is 0.854. The summed E-state index contributed by atoms with van der Waals surface area (Å²) >= 11 is 0. The number of rotatable bonds is 6. The van der Waals surface area contributed by atoms with E-state index >= 15 is 0 Å². The van der Waals surface area contributed by atoms with Crippen LogP contribution in [0.2, 0.25) is 0 Å². The molecule has 1 aromatic heterocycles. The number of benzene rings is 3. The Labute approximate surface area is 188 Å². The predicted molar refractivity (Wildman–Crippen MR) is 131 cm³/mol. The minimum Gasteiger partial charge on any atom is -0.478 e. The lowest BCUT2D eigenvalue weighted by Crippen LogP contribution is -1.97. The van der Waals surface area contributed by atoms with Crippen LogP contribution < -0.4 is 0 Å². The van der Waals surface area contributed by atoms with Crippen LogP contribution in [0.4, 0.5) is 0 Å². The molecule has 160 valence electrons. The summed E-state index contributed by atoms with van der Waals surface area (Å²) in [7, 11) is 1.95. The van der Waals surface area contributed by atoms with Crippen molar-refractivity contribution in [1.29, 1.82) is 0 Å². The van der Waals surface area contributed by atoms with Gasteiger partial charge in [0.1, 0.15) is 0 Å². The fourth-order valence-electron chi connectivity index (χ4n) is 4.18. The van der Waals surface area contributed by atoms with Crippen LogP contribution >= 0.6 is 0 Å². The smallest absolute Gasteiger partial charge is 0.328 e. The number of carboxylic acids is 1. The molecule has 0 bridgehead atoms. The maximum Gasteiger partial charge on any atom is 0.328 e. The molecule has 4 nitrogen and oxygen atoms in total. The van der Waals surface area contributed by atoms with Gasteiger partial charge >= 0.3 is 5.97 Å². The second-order valence-corrected chi connectivity index (χ2v) is 7.86. The van der Waals surface area contributed by atoms with Crippen molar-refractivity contribution < 1.29 is 9.90 Å². The average molecular weight is 423 g/mol. The second-order valence-electron chi connectivity index (χ2n) is 7.86. The zero-order valence-electron chi connectivity index (χ0n) is 18.5. The molecule has 0 unspecified atom stereocenters. The van der Waals surface area contributed by atoms with Crippen molar-refractivity contribution in [2.45, 2.75) is 20.3 Å². The molecule has 0 saturated carbocycles. The van der Waals surface area contributed by atoms with E-state index in [1.165, 1.54) is 22.3 Å². The molecule has 4 heteroatoms. The molecule has 4 aromatic rings. The molecule has 0 aliphatic carbocycles. The van der Waals surface area contributed by atoms with Crippen LogP contribution in [0.15, 0.2) is 79.0 Å². The number of hydrogen-bond donors (Lipinski definition) is 1. The van der Waals surface area contributed by atoms with Gasteiger partial charge in [0.15, 0.2) is 0 Å². The summed E-state index contributed by atoms with van der Waals surface area (Å²) in [6.07, 6.45) is 5.55. The van der Waals surface area contributed by atoms with Crippen molar-refractivity contribution in [3.8, 4) is 0 Å². The van der Waals surface area contributed by atoms with E-state index in [1.807, 2.05) is 30.1 Å². The van der Waals surface area contributed by atoms with Crippen molar-refractivity contribution in [3.05, 3.63) is 107 Å². The van der Waals surface area contributed by atoms with Crippen molar-refractivity contribution >= 4 is 34.1 Å². The van der Waals surface area contributed by atoms with Crippen molar-refractivity contribution in [2.24, 2.45) is 7.05 Å². The number of fused-ring (bicyclic) bond motifs is 1. The van der Waals surface area contributed by atoms with Crippen LogP contribution in [0, 0.1) is 6.92 Å². The van der Waals surface area contributed by atoms with Crippen LogP contribution in [0.1, 0.15) is 41.2 Å². The highest BCUT2D eigenvalue weighted by Gasteiger charge is 2.15. The summed E-state index contributed by atoms with van der Waals surface area (Å²) in [4.78, 5) is 10.9. The summed E-state index contributed by atoms with van der Waals surface area (Å²) < 4.78 is 1.88. The largest absolute Gasteiger partial charge is 0.478 e. The molecule has 3 aromatic carbocycles. The lowest BCUT2D eigenvalue weighted by Gasteiger charge is -2.18. The van der Waals surface area contributed by atoms with Gasteiger partial charge in [0.2, 0.25) is 0 Å². The zero-order chi connectivity index (χ0) is 22.7. The van der Waals surface area contributed by atoms with Crippen molar-refractivity contribution in [1.82, 2.24) is 9.78 Å². The lowest BCUT2D eigenvalue weighted by atomic mass is 9.86. The molecular formula is C28H26N2O2. The van der Waals surface area contributed by atoms with Gasteiger partial charge in [-0.3, -0.25) is 4.68 Å². The van der Waals surface area contributed by atoms with E-state index in [2.05, 4.69) is 73.5 Å². The number of aryl methyl sites for hydroxylation is 2. The number of hydrogen-bond acceptors (Lipinski definition) is 2. The Morgan fingerprint density at radius 2 is 1.75 bits per heavy atom. The van der Waals surface area contributed by atoms with E-state index in [0.717, 1.165) is 40.1 Å². The van der Waals surface area contributed by atoms with Crippen LogP contribution in [-0.2, 0) is 11.8 Å². The summed E-state index contributed by atoms with van der Waals surface area (Å²) in [6.45, 7) is 4.33. The summed E-state index contributed by atoms with van der Waals surface area (Å²) in [6, 6.07) is 23.0. The number of allylic oxidation sites excluding steroid dienone is 1. The molecule has 0 amide bonds. The third-order valence-corrected chi connectivity index (χ3v) is 5.78. The first-order chi connectivity index (χ1) is 15.5. The zero-order valence-corrected chi connectivity index (χ0v) is 18.5. The molecule has 0 atom stereocenters. The van der Waals surface area contributed by atoms with E-state index in [-0.39, 0.29) is 0 Å². The normalized spacial score (nSPS) is 12.3. The van der Waals surface area contributed by atoms with Gasteiger partial charge in [-0.15, -0.1) is 0 Å². The summed E-state index contributed by atoms with van der Waals surface area (Å²) in [5.41, 5.74) is 9.13. The highest BCUT2D eigenvalue weighted by Crippen LogP contribution is 2.36. The van der Waals surface area contributed by atoms with Crippen molar-refractivity contribution in [3.63, 3.8) is 0 Å². The Morgan fingerprint density at radius 1 is 1.03 bits per heavy atom. The Balaban J connectivity index is 1.93. The monoisotopic (exact) mass is 422 g/mol. The SMILES string of the molecule is CCC(=C(c1ccc(C=CC(=O)O)cc1)c1ccc2c(cnn2C)c1)c1ccccc1C. The summed E-state index contributed by atoms with van der Waals surface area (Å²) in [5, 5.41) is 14.4. The van der Waals surface area contributed by atoms with Gasteiger partial charge in [-0.1, -0.05) is 61.5 Å². The predicted octanol–water partition coefficient (Wildman–Crippen LogP) is 6.35. The fourth-order valence-corrected chi connectivity index (χ4v) is 4.18. The van der Waals surface area contributed by atoms with Crippen LogP contribution in [0.25, 0.3) is 28.1 Å². The molecule has 32 heavy (non-hydrogen) atoms. The van der Waals surface area contributed by atoms with E-state index in [9.17, 15) is 4.79 Å². The Bertz CT molecular complexity index is 1340. The standard InChI is InChI=1S/C28H26N2O2/c1-4-24(25-8-6-5-7-19(25)2)28(21-12-9-20(10-13-21)11-16-27(31)32)22-14-15-26-23(17-22)18-29-30(26)3/h5-18H,4H2,1-3H3,(H,31,32). The second kappa shape index (κ2) is 9.06. The Kier molecular flexibility index (Phi) is 6.04. The van der Waals surface area contributed by atoms with E-state index in [4.69, 9.17) is 5.11 Å². The van der Waals surface area contributed by atoms with Crippen molar-refractivity contribution in [2.75, 3.05) is 0 Å². The number of aromatic nitrogens is 2. The van der Waals surface area contributed by atoms with Gasteiger partial charge in [0, 0.05) is 18.5 Å². The number of carbonyl (C=O) groups is 1. The van der Waals surface area contributed by atoms with E-state index < -0.39 is 5.97 Å². The molecule has 1 N–H and O–H groups in total. The molecule has 1 heterocycles. The Hall–Kier alpha value is -3.92. The number of aliphatic carboxylic acids is 1. The Morgan fingerprint density at radius 3 is 2.44 bits per heavy atom. The first-order valence-corrected chi connectivity index (χ1v) is 10.7. The van der Waals surface area contributed by atoms with Gasteiger partial charge in [0.25, 0.3) is 0 Å². The van der Waals surface area contributed by atoms with Crippen LogP contribution in [0.3, 0.4) is 0 Å². The van der Waals surface area contributed by atoms with E-state index in [1.54, 1.807) is 6.08 Å². The maximum atomic E-state index is 10.9. The average Bonchev–Trinajstić information content (AvgIpc) is 3.17. The highest BCUT2D eigenvalue weighted by atomic mass is 16.4. The third-order valence-electron chi connectivity index (χ3n) is 5.78. The molecular weight excluding hydrogens is 396 g/mol. The van der Waals surface area contributed by atoms with Gasteiger partial charge in [-0.05, 0) is 70.5 Å². The maximum absolute atomic E-state index is 10.9. The molecule has 4 rings (SSSR count). The lowest BCUT2D eigenvalue weighted by molar-refractivity contribution is -0.131. The van der Waals surface area contributed by atoms with Gasteiger partial charge in [-0.25, -0.2) is 4.79 Å². The van der Waals surface area contributed by atoms with Crippen LogP contribution in [0.5, 0.6) is 0 Å². The fraction of sp³-hybridized carbons (Fsp3) is 0.143. The molecule has 0 spiro atoms. The number of nitrogens with zero attached hydrogens (tertiary/aromatic N) is 2. The molecule has 0 aliphatic rings. The third kappa shape index (κ3) is 4.26. The van der Waals surface area contributed by atoms with Crippen LogP contribution in [-0.4, -0.2) is 20.9 Å². The van der Waals surface area contributed by atoms with Gasteiger partial charge < -0.3 is 5.11 Å². The molecule has 0 saturated heterocycles. The first-order valence-electron chi connectivity index (χ1n) is 10.7. The minimum atomic E-state index is -0.952. The molecule has 0 fully saturated rings. The number of carboxylic acid groups (broad SMARTS) is 1. The highest BCUT2D eigenvalue weighted by molar-refractivity contribution is 6.01. The first kappa shape index (κ1) is 21.3. The van der Waals surface area contributed by atoms with Gasteiger partial charge in [-0.2, -0.15) is 5.10 Å². The topological polar surface area (TPSA) is 55.1 Å². The summed E-state index contributed by atoms with van der Waals surface area (Å²) in [5.74, 6) is -0.952. The molecule has 0 radical (unpaired) electrons. The molecule has 0 aliphatic heterocycles. The quantitative estimate of drug-likeness (QED) is 0.291.